The van der Waals surface area contributed by atoms with Gasteiger partial charge in [-0.05, 0) is 37.5 Å². The van der Waals surface area contributed by atoms with E-state index in [1.807, 2.05) is 0 Å². The third-order valence-corrected chi connectivity index (χ3v) is 20.1. The first-order valence-corrected chi connectivity index (χ1v) is 43.5. The lowest BCUT2D eigenvalue weighted by atomic mass is 10.0. The van der Waals surface area contributed by atoms with Crippen molar-refractivity contribution in [3.63, 3.8) is 0 Å². The molecule has 0 aromatic rings. The molecule has 0 fully saturated rings. The summed E-state index contributed by atoms with van der Waals surface area (Å²) in [7, 11) is -9.92. The molecule has 19 heteroatoms. The van der Waals surface area contributed by atoms with Crippen LogP contribution in [0.4, 0.5) is 0 Å². The lowest BCUT2D eigenvalue weighted by molar-refractivity contribution is -0.161. The molecule has 0 aliphatic rings. The molecule has 17 nitrogen and oxygen atoms in total. The molecule has 0 bridgehead atoms. The second-order valence-corrected chi connectivity index (χ2v) is 32.0. The van der Waals surface area contributed by atoms with Gasteiger partial charge in [-0.1, -0.05) is 356 Å². The minimum absolute atomic E-state index is 0.107. The fourth-order valence-electron chi connectivity index (χ4n) is 12.0. The van der Waals surface area contributed by atoms with Crippen LogP contribution in [0.25, 0.3) is 0 Å². The maximum atomic E-state index is 13.1. The Kier molecular flexibility index (Phi) is 68.4. The summed E-state index contributed by atoms with van der Waals surface area (Å²) >= 11 is 0. The summed E-state index contributed by atoms with van der Waals surface area (Å²) in [6.07, 6.45) is 58.2. The van der Waals surface area contributed by atoms with E-state index in [9.17, 15) is 43.2 Å². The Balaban J connectivity index is 5.26. The predicted octanol–water partition coefficient (Wildman–Crippen LogP) is 23.1. The van der Waals surface area contributed by atoms with Gasteiger partial charge in [0.25, 0.3) is 0 Å². The molecule has 3 N–H and O–H groups in total. The zero-order valence-electron chi connectivity index (χ0n) is 63.4. The van der Waals surface area contributed by atoms with Crippen molar-refractivity contribution in [2.45, 2.75) is 426 Å². The molecule has 0 aromatic heterocycles. The third-order valence-electron chi connectivity index (χ3n) is 18.2. The highest BCUT2D eigenvalue weighted by Gasteiger charge is 2.30. The molecular weight excluding hydrogens is 1270 g/mol. The maximum Gasteiger partial charge on any atom is 0.472 e. The molecule has 0 saturated carbocycles. The number of ether oxygens (including phenoxy) is 4. The molecule has 0 rings (SSSR count). The van der Waals surface area contributed by atoms with Crippen LogP contribution in [0.2, 0.25) is 0 Å². The number of aliphatic hydroxyl groups excluding tert-OH is 1. The second-order valence-electron chi connectivity index (χ2n) is 29.1. The van der Waals surface area contributed by atoms with Gasteiger partial charge in [-0.25, -0.2) is 9.13 Å². The molecule has 0 aliphatic carbocycles. The fraction of sp³-hybridized carbons (Fsp3) is 0.949. The number of carbonyl (C=O) groups is 4. The van der Waals surface area contributed by atoms with E-state index in [4.69, 9.17) is 37.0 Å². The number of aliphatic hydroxyl groups is 1. The van der Waals surface area contributed by atoms with Crippen LogP contribution < -0.4 is 0 Å². The molecule has 2 unspecified atom stereocenters. The topological polar surface area (TPSA) is 237 Å². The largest absolute Gasteiger partial charge is 0.472 e. The first-order chi connectivity index (χ1) is 46.9. The minimum atomic E-state index is -4.96. The molecule has 0 amide bonds. The van der Waals surface area contributed by atoms with E-state index in [1.165, 1.54) is 225 Å². The summed E-state index contributed by atoms with van der Waals surface area (Å²) < 4.78 is 68.6. The Morgan fingerprint density at radius 2 is 0.474 bits per heavy atom. The van der Waals surface area contributed by atoms with Crippen LogP contribution in [0.5, 0.6) is 0 Å². The number of hydrogen-bond acceptors (Lipinski definition) is 15. The molecule has 0 aromatic carbocycles. The van der Waals surface area contributed by atoms with Crippen molar-refractivity contribution in [2.75, 3.05) is 39.6 Å². The standard InChI is InChI=1S/C78H152O17P2/c1-7-9-11-13-15-17-19-21-23-24-28-31-35-42-48-54-60-75(80)88-66-73(94-78(83)63-57-51-45-37-33-29-25-26-30-34-40-46-52-58-70(3)4)68-92-96(84,85)90-64-72(79)65-91-97(86,87)93-69-74(67-89-76(81)61-55-49-43-39-38-41-47-53-59-71(5)6)95-77(82)62-56-50-44-36-32-27-22-20-18-16-14-12-10-8-2/h70-74,79H,7-69H2,1-6H3,(H,84,85)(H,86,87)/t72-,73-,74-/m1/s1. The smallest absolute Gasteiger partial charge is 0.462 e. The van der Waals surface area contributed by atoms with Gasteiger partial charge in [0.05, 0.1) is 26.4 Å². The Morgan fingerprint density at radius 3 is 0.701 bits per heavy atom. The Labute approximate surface area is 594 Å². The van der Waals surface area contributed by atoms with Crippen LogP contribution in [0.3, 0.4) is 0 Å². The molecule has 5 atom stereocenters. The van der Waals surface area contributed by atoms with Crippen molar-refractivity contribution in [1.82, 2.24) is 0 Å². The van der Waals surface area contributed by atoms with Gasteiger partial charge < -0.3 is 33.8 Å². The quantitative estimate of drug-likeness (QED) is 0.0222. The summed E-state index contributed by atoms with van der Waals surface area (Å²) in [6, 6.07) is 0. The molecule has 97 heavy (non-hydrogen) atoms. The highest BCUT2D eigenvalue weighted by molar-refractivity contribution is 7.47. The van der Waals surface area contributed by atoms with Gasteiger partial charge in [0.2, 0.25) is 0 Å². The van der Waals surface area contributed by atoms with Gasteiger partial charge >= 0.3 is 39.5 Å². The zero-order valence-corrected chi connectivity index (χ0v) is 65.2. The maximum absolute atomic E-state index is 13.1. The number of carbonyl (C=O) groups excluding carboxylic acids is 4. The van der Waals surface area contributed by atoms with Gasteiger partial charge in [-0.2, -0.15) is 0 Å². The van der Waals surface area contributed by atoms with Gasteiger partial charge in [-0.15, -0.1) is 0 Å². The summed E-state index contributed by atoms with van der Waals surface area (Å²) in [5, 5.41) is 10.6. The van der Waals surface area contributed by atoms with Gasteiger partial charge in [0, 0.05) is 25.7 Å². The van der Waals surface area contributed by atoms with E-state index < -0.39 is 97.5 Å². The molecule has 0 saturated heterocycles. The number of unbranched alkanes of at least 4 members (excludes halogenated alkanes) is 47. The van der Waals surface area contributed by atoms with Crippen molar-refractivity contribution in [3.8, 4) is 0 Å². The van der Waals surface area contributed by atoms with E-state index in [0.717, 1.165) is 102 Å². The van der Waals surface area contributed by atoms with Crippen molar-refractivity contribution >= 4 is 39.5 Å². The van der Waals surface area contributed by atoms with E-state index in [1.54, 1.807) is 0 Å². The van der Waals surface area contributed by atoms with E-state index in [-0.39, 0.29) is 25.7 Å². The van der Waals surface area contributed by atoms with Crippen LogP contribution in [0, 0.1) is 11.8 Å². The molecule has 576 valence electrons. The lowest BCUT2D eigenvalue weighted by Gasteiger charge is -2.21. The minimum Gasteiger partial charge on any atom is -0.462 e. The highest BCUT2D eigenvalue weighted by atomic mass is 31.2. The average Bonchev–Trinajstić information content (AvgIpc) is 1.51. The Bertz CT molecular complexity index is 1870. The highest BCUT2D eigenvalue weighted by Crippen LogP contribution is 2.45. The number of rotatable bonds is 77. The zero-order chi connectivity index (χ0) is 71.4. The van der Waals surface area contributed by atoms with Crippen LogP contribution in [-0.4, -0.2) is 96.7 Å². The van der Waals surface area contributed by atoms with Crippen LogP contribution in [0.15, 0.2) is 0 Å². The monoisotopic (exact) mass is 1420 g/mol. The summed E-state index contributed by atoms with van der Waals surface area (Å²) in [5.74, 6) is -0.598. The lowest BCUT2D eigenvalue weighted by Crippen LogP contribution is -2.30. The number of hydrogen-bond donors (Lipinski definition) is 3. The van der Waals surface area contributed by atoms with Gasteiger partial charge in [0.15, 0.2) is 12.2 Å². The Morgan fingerprint density at radius 1 is 0.278 bits per heavy atom. The second kappa shape index (κ2) is 69.8. The van der Waals surface area contributed by atoms with Crippen LogP contribution in [-0.2, 0) is 65.4 Å². The number of esters is 4. The first-order valence-electron chi connectivity index (χ1n) is 40.5. The van der Waals surface area contributed by atoms with Crippen molar-refractivity contribution in [1.29, 1.82) is 0 Å². The molecule has 0 radical (unpaired) electrons. The number of phosphoric ester groups is 2. The normalized spacial score (nSPS) is 14.0. The Hall–Kier alpha value is -1.94. The fourth-order valence-corrected chi connectivity index (χ4v) is 13.6. The van der Waals surface area contributed by atoms with Crippen molar-refractivity contribution in [2.24, 2.45) is 11.8 Å². The SMILES string of the molecule is CCCCCCCCCCCCCCCCCCC(=O)OC[C@H](COP(=O)(O)OC[C@@H](O)COP(=O)(O)OC[C@@H](COC(=O)CCCCCCCCCCC(C)C)OC(=O)CCCCCCCCCCCCCCCC)OC(=O)CCCCCCCCCCCCCCCC(C)C. The van der Waals surface area contributed by atoms with E-state index in [0.29, 0.717) is 25.7 Å². The van der Waals surface area contributed by atoms with E-state index in [2.05, 4.69) is 41.5 Å². The summed E-state index contributed by atoms with van der Waals surface area (Å²) in [5.41, 5.74) is 0. The number of phosphoric acid groups is 2. The van der Waals surface area contributed by atoms with Crippen molar-refractivity contribution in [3.05, 3.63) is 0 Å². The van der Waals surface area contributed by atoms with Gasteiger partial charge in [-0.3, -0.25) is 37.3 Å². The van der Waals surface area contributed by atoms with Crippen molar-refractivity contribution < 1.29 is 80.2 Å². The first kappa shape index (κ1) is 95.1. The average molecular weight is 1420 g/mol. The molecule has 0 heterocycles. The summed E-state index contributed by atoms with van der Waals surface area (Å²) in [6.45, 7) is 9.60. The predicted molar refractivity (Wildman–Crippen MR) is 395 cm³/mol. The molecule has 0 spiro atoms. The van der Waals surface area contributed by atoms with Crippen LogP contribution >= 0.6 is 15.6 Å². The summed E-state index contributed by atoms with van der Waals surface area (Å²) in [4.78, 5) is 72.9. The molecule has 0 aliphatic heterocycles. The van der Waals surface area contributed by atoms with Gasteiger partial charge in [0.1, 0.15) is 19.3 Å². The van der Waals surface area contributed by atoms with E-state index >= 15 is 0 Å². The third kappa shape index (κ3) is 72.2. The van der Waals surface area contributed by atoms with Crippen LogP contribution in [0.1, 0.15) is 408 Å². The molecular formula is C78H152O17P2.